The average molecular weight is 476 g/mol. The lowest BCUT2D eigenvalue weighted by Gasteiger charge is -2.11. The Morgan fingerprint density at radius 2 is 2.14 bits per heavy atom. The predicted molar refractivity (Wildman–Crippen MR) is 117 cm³/mol. The fraction of sp³-hybridized carbons (Fsp3) is 0.100. The Labute approximate surface area is 180 Å². The summed E-state index contributed by atoms with van der Waals surface area (Å²) in [6.45, 7) is 2.43. The van der Waals surface area contributed by atoms with Gasteiger partial charge in [0.15, 0.2) is 5.75 Å². The van der Waals surface area contributed by atoms with Gasteiger partial charge in [0.05, 0.1) is 20.6 Å². The van der Waals surface area contributed by atoms with Crippen molar-refractivity contribution in [2.45, 2.75) is 13.5 Å². The smallest absolute Gasteiger partial charge is 0.287 e. The summed E-state index contributed by atoms with van der Waals surface area (Å²) in [6.07, 6.45) is 2.72. The first-order valence-electron chi connectivity index (χ1n) is 8.49. The molecule has 1 N–H and O–H groups in total. The summed E-state index contributed by atoms with van der Waals surface area (Å²) in [4.78, 5) is 14.0. The number of anilines is 1. The minimum atomic E-state index is -0.512. The number of aryl methyl sites for hydroxylation is 1. The van der Waals surface area contributed by atoms with E-state index in [0.717, 1.165) is 22.9 Å². The molecule has 0 aliphatic heterocycles. The number of hydrogen-bond acceptors (Lipinski definition) is 6. The van der Waals surface area contributed by atoms with Crippen molar-refractivity contribution in [2.24, 2.45) is 5.10 Å². The van der Waals surface area contributed by atoms with Crippen molar-refractivity contribution in [3.63, 3.8) is 0 Å². The number of hydrazone groups is 1. The predicted octanol–water partition coefficient (Wildman–Crippen LogP) is 5.74. The first kappa shape index (κ1) is 20.8. The second kappa shape index (κ2) is 9.49. The Hall–Kier alpha value is -2.97. The van der Waals surface area contributed by atoms with Gasteiger partial charge in [-0.25, -0.2) is 4.98 Å². The van der Waals surface area contributed by atoms with Crippen molar-refractivity contribution >= 4 is 45.3 Å². The fourth-order valence-corrected chi connectivity index (χ4v) is 3.47. The Morgan fingerprint density at radius 1 is 1.31 bits per heavy atom. The quantitative estimate of drug-likeness (QED) is 0.267. The normalized spacial score (nSPS) is 10.9. The lowest BCUT2D eigenvalue weighted by atomic mass is 10.1. The van der Waals surface area contributed by atoms with Crippen LogP contribution in [0.2, 0.25) is 5.02 Å². The van der Waals surface area contributed by atoms with E-state index in [0.29, 0.717) is 27.7 Å². The zero-order valence-electron chi connectivity index (χ0n) is 15.3. The number of halogens is 2. The van der Waals surface area contributed by atoms with Gasteiger partial charge in [0.2, 0.25) is 0 Å². The van der Waals surface area contributed by atoms with Gasteiger partial charge in [0, 0.05) is 6.07 Å². The van der Waals surface area contributed by atoms with Gasteiger partial charge in [-0.2, -0.15) is 5.10 Å². The van der Waals surface area contributed by atoms with E-state index < -0.39 is 4.92 Å². The molecule has 0 radical (unpaired) electrons. The summed E-state index contributed by atoms with van der Waals surface area (Å²) >= 11 is 9.84. The number of aromatic nitrogens is 1. The first-order chi connectivity index (χ1) is 13.9. The molecule has 0 atom stereocenters. The van der Waals surface area contributed by atoms with E-state index in [1.165, 1.54) is 12.1 Å². The molecule has 1 aromatic heterocycles. The zero-order chi connectivity index (χ0) is 20.8. The maximum absolute atomic E-state index is 10.6. The summed E-state index contributed by atoms with van der Waals surface area (Å²) in [5, 5.41) is 15.2. The van der Waals surface area contributed by atoms with Crippen LogP contribution in [0.25, 0.3) is 0 Å². The lowest BCUT2D eigenvalue weighted by molar-refractivity contribution is -0.385. The Balaban J connectivity index is 1.65. The fourth-order valence-electron chi connectivity index (χ4n) is 2.48. The van der Waals surface area contributed by atoms with Gasteiger partial charge in [-0.1, -0.05) is 41.4 Å². The molecule has 3 aromatic rings. The summed E-state index contributed by atoms with van der Waals surface area (Å²) in [6, 6.07) is 14.4. The highest BCUT2D eigenvalue weighted by molar-refractivity contribution is 9.10. The van der Waals surface area contributed by atoms with E-state index in [1.54, 1.807) is 12.3 Å². The van der Waals surface area contributed by atoms with Crippen molar-refractivity contribution in [3.05, 3.63) is 91.0 Å². The van der Waals surface area contributed by atoms with Crippen LogP contribution in [-0.4, -0.2) is 16.1 Å². The highest BCUT2D eigenvalue weighted by Crippen LogP contribution is 2.34. The Bertz CT molecular complexity index is 1030. The van der Waals surface area contributed by atoms with Crippen molar-refractivity contribution in [1.29, 1.82) is 0 Å². The number of nitrogens with zero attached hydrogens (tertiary/aromatic N) is 3. The molecular formula is C20H16BrClN4O3. The molecule has 0 amide bonds. The Kier molecular flexibility index (Phi) is 6.79. The minimum absolute atomic E-state index is 0.0866. The lowest BCUT2D eigenvalue weighted by Crippen LogP contribution is -1.98. The zero-order valence-corrected chi connectivity index (χ0v) is 17.6. The maximum Gasteiger partial charge on any atom is 0.287 e. The van der Waals surface area contributed by atoms with Gasteiger partial charge in [-0.05, 0) is 52.2 Å². The van der Waals surface area contributed by atoms with Crippen LogP contribution in [0.15, 0.2) is 64.3 Å². The monoisotopic (exact) mass is 474 g/mol. The van der Waals surface area contributed by atoms with Crippen LogP contribution >= 0.6 is 27.5 Å². The molecule has 2 aromatic carbocycles. The largest absolute Gasteiger partial charge is 0.486 e. The van der Waals surface area contributed by atoms with E-state index in [1.807, 2.05) is 31.2 Å². The second-order valence-electron chi connectivity index (χ2n) is 6.12. The van der Waals surface area contributed by atoms with E-state index >= 15 is 0 Å². The first-order valence-corrected chi connectivity index (χ1v) is 9.66. The molecule has 3 rings (SSSR count). The molecule has 29 heavy (non-hydrogen) atoms. The van der Waals surface area contributed by atoms with Crippen LogP contribution in [0.5, 0.6) is 5.75 Å². The molecular weight excluding hydrogens is 460 g/mol. The number of nitro groups is 1. The molecule has 0 aliphatic rings. The molecule has 0 saturated heterocycles. The van der Waals surface area contributed by atoms with E-state index in [2.05, 4.69) is 37.5 Å². The summed E-state index contributed by atoms with van der Waals surface area (Å²) < 4.78 is 6.57. The van der Waals surface area contributed by atoms with Gasteiger partial charge in [-0.3, -0.25) is 15.5 Å². The highest BCUT2D eigenvalue weighted by Gasteiger charge is 2.10. The highest BCUT2D eigenvalue weighted by atomic mass is 79.9. The van der Waals surface area contributed by atoms with Gasteiger partial charge in [0.25, 0.3) is 5.69 Å². The standard InChI is InChI=1S/C20H16BrClN4O3/c1-13-3-2-4-14(7-13)12-29-20-17(21)8-15(9-18(20)22)10-24-25-19-6-5-16(11-23-19)26(27)28/h2-11H,12H2,1H3,(H,23,25)/b24-10+. The van der Waals surface area contributed by atoms with Crippen molar-refractivity contribution in [2.75, 3.05) is 5.43 Å². The van der Waals surface area contributed by atoms with Crippen LogP contribution in [0.1, 0.15) is 16.7 Å². The molecule has 0 unspecified atom stereocenters. The van der Waals surface area contributed by atoms with Gasteiger partial charge >= 0.3 is 0 Å². The number of rotatable bonds is 7. The SMILES string of the molecule is Cc1cccc(COc2c(Cl)cc(/C=N/Nc3ccc([N+](=O)[O-])cn3)cc2Br)c1. The topological polar surface area (TPSA) is 89.6 Å². The van der Waals surface area contributed by atoms with Crippen molar-refractivity contribution in [1.82, 2.24) is 4.98 Å². The maximum atomic E-state index is 10.6. The third-order valence-electron chi connectivity index (χ3n) is 3.84. The van der Waals surface area contributed by atoms with Crippen molar-refractivity contribution in [3.8, 4) is 5.75 Å². The van der Waals surface area contributed by atoms with Crippen LogP contribution in [0, 0.1) is 17.0 Å². The van der Waals surface area contributed by atoms with Crippen molar-refractivity contribution < 1.29 is 9.66 Å². The van der Waals surface area contributed by atoms with Crippen LogP contribution in [0.4, 0.5) is 11.5 Å². The summed E-state index contributed by atoms with van der Waals surface area (Å²) in [5.74, 6) is 0.936. The third kappa shape index (κ3) is 5.75. The van der Waals surface area contributed by atoms with Crippen LogP contribution < -0.4 is 10.2 Å². The summed E-state index contributed by atoms with van der Waals surface area (Å²) in [5.41, 5.74) is 5.58. The van der Waals surface area contributed by atoms with Gasteiger partial charge < -0.3 is 4.74 Å². The number of pyridine rings is 1. The summed E-state index contributed by atoms with van der Waals surface area (Å²) in [7, 11) is 0. The minimum Gasteiger partial charge on any atom is -0.486 e. The number of hydrogen-bond donors (Lipinski definition) is 1. The number of benzene rings is 2. The van der Waals surface area contributed by atoms with Crippen LogP contribution in [0.3, 0.4) is 0 Å². The molecule has 7 nitrogen and oxygen atoms in total. The molecule has 148 valence electrons. The van der Waals surface area contributed by atoms with E-state index in [-0.39, 0.29) is 5.69 Å². The van der Waals surface area contributed by atoms with E-state index in [9.17, 15) is 10.1 Å². The molecule has 0 fully saturated rings. The molecule has 9 heteroatoms. The van der Waals surface area contributed by atoms with Gasteiger partial charge in [-0.15, -0.1) is 0 Å². The van der Waals surface area contributed by atoms with Gasteiger partial charge in [0.1, 0.15) is 18.6 Å². The average Bonchev–Trinajstić information content (AvgIpc) is 2.68. The number of nitrogens with one attached hydrogen (secondary N) is 1. The molecule has 0 saturated carbocycles. The molecule has 0 aliphatic carbocycles. The molecule has 0 spiro atoms. The molecule has 0 bridgehead atoms. The number of ether oxygens (including phenoxy) is 1. The third-order valence-corrected chi connectivity index (χ3v) is 4.71. The Morgan fingerprint density at radius 3 is 2.79 bits per heavy atom. The second-order valence-corrected chi connectivity index (χ2v) is 7.38. The van der Waals surface area contributed by atoms with Crippen LogP contribution in [-0.2, 0) is 6.61 Å². The van der Waals surface area contributed by atoms with E-state index in [4.69, 9.17) is 16.3 Å². The molecule has 1 heterocycles.